The molecule has 4 N–H and O–H groups in total. The van der Waals surface area contributed by atoms with E-state index in [0.29, 0.717) is 0 Å². The number of nitrogens with zero attached hydrogens (tertiary/aromatic N) is 1. The summed E-state index contributed by atoms with van der Waals surface area (Å²) < 4.78 is 1.12. The van der Waals surface area contributed by atoms with Gasteiger partial charge < -0.3 is 11.5 Å². The Hall–Kier alpha value is -0.780. The van der Waals surface area contributed by atoms with E-state index in [4.69, 9.17) is 11.5 Å². The van der Waals surface area contributed by atoms with Gasteiger partial charge in [-0.15, -0.1) is 0 Å². The third-order valence-electron chi connectivity index (χ3n) is 1.07. The molecule has 0 saturated carbocycles. The van der Waals surface area contributed by atoms with Gasteiger partial charge in [0.2, 0.25) is 0 Å². The van der Waals surface area contributed by atoms with Crippen LogP contribution in [0.4, 0.5) is 5.69 Å². The summed E-state index contributed by atoms with van der Waals surface area (Å²) in [5.74, 6) is 0.0898. The van der Waals surface area contributed by atoms with E-state index in [1.807, 2.05) is 24.3 Å². The molecule has 1 aromatic carbocycles. The van der Waals surface area contributed by atoms with Crippen LogP contribution in [0.15, 0.2) is 29.3 Å². The standard InChI is InChI=1S/C7H8IN3/c8-5-2-1-3-6(4-5)11-7(9)10/h1-4H,(H4,9,10,11)/i8-3. The highest BCUT2D eigenvalue weighted by Gasteiger charge is 1.89. The van der Waals surface area contributed by atoms with Gasteiger partial charge in [-0.3, -0.25) is 0 Å². The number of rotatable bonds is 1. The molecular weight excluding hydrogens is 250 g/mol. The second-order valence-electron chi connectivity index (χ2n) is 2.02. The van der Waals surface area contributed by atoms with E-state index < -0.39 is 0 Å². The summed E-state index contributed by atoms with van der Waals surface area (Å²) >= 11 is 2.20. The fraction of sp³-hybridized carbons (Fsp3) is 0. The van der Waals surface area contributed by atoms with Gasteiger partial charge in [-0.1, -0.05) is 6.07 Å². The second-order valence-corrected chi connectivity index (χ2v) is 3.26. The predicted molar refractivity (Wildman–Crippen MR) is 54.6 cm³/mol. The molecule has 0 unspecified atom stereocenters. The fourth-order valence-corrected chi connectivity index (χ4v) is 1.22. The highest BCUT2D eigenvalue weighted by atomic mass is 124. The lowest BCUT2D eigenvalue weighted by atomic mass is 10.3. The molecule has 0 amide bonds. The normalized spacial score (nSPS) is 9.18. The van der Waals surface area contributed by atoms with Gasteiger partial charge in [-0.05, 0) is 40.8 Å². The first kappa shape index (κ1) is 8.32. The largest absolute Gasteiger partial charge is 0.370 e. The van der Waals surface area contributed by atoms with Crippen LogP contribution in [-0.4, -0.2) is 5.96 Å². The second kappa shape index (κ2) is 3.56. The molecule has 0 saturated heterocycles. The highest BCUT2D eigenvalue weighted by Crippen LogP contribution is 2.14. The van der Waals surface area contributed by atoms with Gasteiger partial charge in [-0.2, -0.15) is 0 Å². The summed E-state index contributed by atoms with van der Waals surface area (Å²) in [6, 6.07) is 7.64. The maximum atomic E-state index is 5.20. The third kappa shape index (κ3) is 2.75. The van der Waals surface area contributed by atoms with Gasteiger partial charge in [0.15, 0.2) is 5.96 Å². The molecule has 11 heavy (non-hydrogen) atoms. The van der Waals surface area contributed by atoms with E-state index in [1.54, 1.807) is 0 Å². The molecule has 0 radical (unpaired) electrons. The first-order valence-electron chi connectivity index (χ1n) is 3.03. The molecule has 0 spiro atoms. The first-order chi connectivity index (χ1) is 5.18. The SMILES string of the molecule is NC(N)=Nc1cccc([124I])c1. The Labute approximate surface area is 78.6 Å². The molecule has 4 heteroatoms. The summed E-state index contributed by atoms with van der Waals surface area (Å²) in [5, 5.41) is 0. The Morgan fingerprint density at radius 2 is 2.09 bits per heavy atom. The van der Waals surface area contributed by atoms with Gasteiger partial charge in [0, 0.05) is 3.57 Å². The van der Waals surface area contributed by atoms with E-state index in [2.05, 4.69) is 27.6 Å². The van der Waals surface area contributed by atoms with E-state index in [1.165, 1.54) is 0 Å². The minimum atomic E-state index is 0.0898. The third-order valence-corrected chi connectivity index (χ3v) is 1.74. The zero-order chi connectivity index (χ0) is 8.27. The predicted octanol–water partition coefficient (Wildman–Crippen LogP) is 1.20. The van der Waals surface area contributed by atoms with Gasteiger partial charge in [0.1, 0.15) is 0 Å². The number of aliphatic imine (C=N–C) groups is 1. The van der Waals surface area contributed by atoms with Crippen LogP contribution >= 0.6 is 22.6 Å². The molecule has 1 aromatic rings. The average molecular weight is 258 g/mol. The minimum Gasteiger partial charge on any atom is -0.370 e. The molecule has 58 valence electrons. The molecule has 1 rings (SSSR count). The summed E-state index contributed by atoms with van der Waals surface area (Å²) in [6.07, 6.45) is 0. The van der Waals surface area contributed by atoms with Gasteiger partial charge >= 0.3 is 0 Å². The van der Waals surface area contributed by atoms with Crippen molar-refractivity contribution in [1.29, 1.82) is 0 Å². The Balaban J connectivity index is 2.97. The van der Waals surface area contributed by atoms with Crippen LogP contribution in [0.3, 0.4) is 0 Å². The van der Waals surface area contributed by atoms with Crippen LogP contribution in [0, 0.1) is 3.57 Å². The van der Waals surface area contributed by atoms with Crippen molar-refractivity contribution in [2.75, 3.05) is 0 Å². The number of benzene rings is 1. The first-order valence-corrected chi connectivity index (χ1v) is 4.11. The van der Waals surface area contributed by atoms with Crippen molar-refractivity contribution in [1.82, 2.24) is 0 Å². The Kier molecular flexibility index (Phi) is 2.70. The monoisotopic (exact) mass is 258 g/mol. The van der Waals surface area contributed by atoms with E-state index >= 15 is 0 Å². The fourth-order valence-electron chi connectivity index (χ4n) is 0.695. The zero-order valence-corrected chi connectivity index (χ0v) is 7.95. The van der Waals surface area contributed by atoms with Crippen LogP contribution in [0.25, 0.3) is 0 Å². The van der Waals surface area contributed by atoms with Crippen LogP contribution in [0.5, 0.6) is 0 Å². The Bertz CT molecular complexity index is 279. The van der Waals surface area contributed by atoms with Crippen LogP contribution in [0.1, 0.15) is 0 Å². The maximum absolute atomic E-state index is 5.20. The molecule has 0 aliphatic heterocycles. The zero-order valence-electron chi connectivity index (χ0n) is 5.79. The molecule has 0 aliphatic rings. The van der Waals surface area contributed by atoms with Crippen molar-refractivity contribution < 1.29 is 0 Å². The quantitative estimate of drug-likeness (QED) is 0.451. The van der Waals surface area contributed by atoms with Crippen molar-refractivity contribution >= 4 is 34.2 Å². The number of nitrogens with two attached hydrogens (primary N) is 2. The van der Waals surface area contributed by atoms with Gasteiger partial charge in [0.25, 0.3) is 0 Å². The average Bonchev–Trinajstić information content (AvgIpc) is 1.85. The molecule has 0 aliphatic carbocycles. The topological polar surface area (TPSA) is 64.4 Å². The van der Waals surface area contributed by atoms with Gasteiger partial charge in [-0.25, -0.2) is 4.99 Å². The van der Waals surface area contributed by atoms with Crippen molar-refractivity contribution in [3.8, 4) is 0 Å². The van der Waals surface area contributed by atoms with Crippen LogP contribution < -0.4 is 11.5 Å². The van der Waals surface area contributed by atoms with E-state index in [-0.39, 0.29) is 5.96 Å². The summed E-state index contributed by atoms with van der Waals surface area (Å²) in [7, 11) is 0. The lowest BCUT2D eigenvalue weighted by Gasteiger charge is -1.94. The van der Waals surface area contributed by atoms with Crippen molar-refractivity contribution in [3.63, 3.8) is 0 Å². The number of hydrogen-bond acceptors (Lipinski definition) is 1. The number of guanidine groups is 1. The lowest BCUT2D eigenvalue weighted by molar-refractivity contribution is 1.41. The summed E-state index contributed by atoms with van der Waals surface area (Å²) in [6.45, 7) is 0. The van der Waals surface area contributed by atoms with Crippen molar-refractivity contribution in [2.24, 2.45) is 16.5 Å². The molecule has 0 atom stereocenters. The molecule has 3 nitrogen and oxygen atoms in total. The van der Waals surface area contributed by atoms with Crippen LogP contribution in [-0.2, 0) is 0 Å². The minimum absolute atomic E-state index is 0.0898. The maximum Gasteiger partial charge on any atom is 0.191 e. The Morgan fingerprint density at radius 3 is 2.64 bits per heavy atom. The van der Waals surface area contributed by atoms with Crippen molar-refractivity contribution in [3.05, 3.63) is 27.8 Å². The molecule has 0 fully saturated rings. The van der Waals surface area contributed by atoms with Crippen LogP contribution in [0.2, 0.25) is 0 Å². The van der Waals surface area contributed by atoms with Crippen molar-refractivity contribution in [2.45, 2.75) is 0 Å². The molecular formula is C7H8IN3. The smallest absolute Gasteiger partial charge is 0.191 e. The number of hydrogen-bond donors (Lipinski definition) is 2. The Morgan fingerprint density at radius 1 is 1.36 bits per heavy atom. The highest BCUT2D eigenvalue weighted by molar-refractivity contribution is 14.1. The summed E-state index contributed by atoms with van der Waals surface area (Å²) in [5.41, 5.74) is 11.2. The molecule has 0 aromatic heterocycles. The van der Waals surface area contributed by atoms with E-state index in [9.17, 15) is 0 Å². The molecule has 0 bridgehead atoms. The summed E-state index contributed by atoms with van der Waals surface area (Å²) in [4.78, 5) is 3.89. The number of halogens is 1. The molecule has 0 heterocycles. The van der Waals surface area contributed by atoms with Gasteiger partial charge in [0.05, 0.1) is 5.69 Å². The lowest BCUT2D eigenvalue weighted by Crippen LogP contribution is -2.21. The van der Waals surface area contributed by atoms with E-state index in [0.717, 1.165) is 9.26 Å².